The minimum atomic E-state index is 0.116. The summed E-state index contributed by atoms with van der Waals surface area (Å²) in [6, 6.07) is 4.90. The Bertz CT molecular complexity index is 461. The van der Waals surface area contributed by atoms with E-state index < -0.39 is 0 Å². The summed E-state index contributed by atoms with van der Waals surface area (Å²) in [7, 11) is 1.90. The zero-order valence-corrected chi connectivity index (χ0v) is 12.6. The second kappa shape index (κ2) is 6.14. The maximum absolute atomic E-state index is 12.1. The predicted octanol–water partition coefficient (Wildman–Crippen LogP) is 1.84. The zero-order chi connectivity index (χ0) is 13.9. The van der Waals surface area contributed by atoms with E-state index in [0.717, 1.165) is 5.56 Å². The lowest BCUT2D eigenvalue weighted by Gasteiger charge is -2.31. The minimum Gasteiger partial charge on any atom is -0.337 e. The van der Waals surface area contributed by atoms with Gasteiger partial charge in [0, 0.05) is 37.9 Å². The van der Waals surface area contributed by atoms with Crippen LogP contribution in [0.2, 0.25) is 0 Å². The van der Waals surface area contributed by atoms with E-state index in [4.69, 9.17) is 0 Å². The number of rotatable bonds is 3. The summed E-state index contributed by atoms with van der Waals surface area (Å²) in [4.78, 5) is 18.1. The summed E-state index contributed by atoms with van der Waals surface area (Å²) in [5.74, 6) is 2.68. The van der Waals surface area contributed by atoms with Crippen LogP contribution in [-0.2, 0) is 4.79 Å². The summed E-state index contributed by atoms with van der Waals surface area (Å²) in [6.45, 7) is 0. The first-order chi connectivity index (χ1) is 9.75. The van der Waals surface area contributed by atoms with E-state index in [-0.39, 0.29) is 18.0 Å². The normalized spacial score (nSPS) is 28.1. The molecular formula is C15H21N3OS. The van der Waals surface area contributed by atoms with Crippen LogP contribution in [-0.4, -0.2) is 46.4 Å². The Hall–Kier alpha value is -1.07. The monoisotopic (exact) mass is 291 g/mol. The van der Waals surface area contributed by atoms with Gasteiger partial charge in [-0.2, -0.15) is 11.8 Å². The molecule has 1 aromatic rings. The number of likely N-dealkylation sites (N-methyl/N-ethyl adjacent to an activating group) is 1. The molecule has 2 fully saturated rings. The number of carbonyl (C=O) groups excluding carboxylic acids is 1. The van der Waals surface area contributed by atoms with Crippen molar-refractivity contribution in [3.8, 4) is 0 Å². The smallest absolute Gasteiger partial charge is 0.224 e. The molecular weight excluding hydrogens is 270 g/mol. The summed E-state index contributed by atoms with van der Waals surface area (Å²) in [5, 5.41) is 3.72. The van der Waals surface area contributed by atoms with E-state index in [1.54, 1.807) is 6.20 Å². The number of amides is 1. The first-order valence-corrected chi connectivity index (χ1v) is 8.40. The number of aromatic nitrogens is 1. The van der Waals surface area contributed by atoms with Gasteiger partial charge in [0.15, 0.2) is 0 Å². The van der Waals surface area contributed by atoms with Gasteiger partial charge in [-0.05, 0) is 36.0 Å². The average Bonchev–Trinajstić information content (AvgIpc) is 2.76. The molecule has 0 aromatic carbocycles. The van der Waals surface area contributed by atoms with Crippen molar-refractivity contribution in [3.05, 3.63) is 30.1 Å². The lowest BCUT2D eigenvalue weighted by Crippen LogP contribution is -2.43. The van der Waals surface area contributed by atoms with Gasteiger partial charge in [-0.25, -0.2) is 0 Å². The molecule has 0 saturated carbocycles. The minimum absolute atomic E-state index is 0.116. The Morgan fingerprint density at radius 1 is 1.40 bits per heavy atom. The van der Waals surface area contributed by atoms with Gasteiger partial charge < -0.3 is 10.2 Å². The van der Waals surface area contributed by atoms with Crippen molar-refractivity contribution in [3.63, 3.8) is 0 Å². The van der Waals surface area contributed by atoms with Gasteiger partial charge in [-0.1, -0.05) is 6.07 Å². The third-order valence-corrected chi connectivity index (χ3v) is 5.33. The lowest BCUT2D eigenvalue weighted by atomic mass is 10.00. The first-order valence-electron chi connectivity index (χ1n) is 7.25. The van der Waals surface area contributed by atoms with E-state index in [9.17, 15) is 4.79 Å². The van der Waals surface area contributed by atoms with Crippen molar-refractivity contribution in [1.82, 2.24) is 15.2 Å². The number of nitrogens with zero attached hydrogens (tertiary/aromatic N) is 2. The van der Waals surface area contributed by atoms with E-state index in [1.807, 2.05) is 36.0 Å². The fraction of sp³-hybridized carbons (Fsp3) is 0.600. The van der Waals surface area contributed by atoms with Crippen molar-refractivity contribution >= 4 is 17.7 Å². The molecule has 0 bridgehead atoms. The van der Waals surface area contributed by atoms with Gasteiger partial charge in [0.05, 0.1) is 6.04 Å². The van der Waals surface area contributed by atoms with Crippen LogP contribution in [0.15, 0.2) is 24.5 Å². The number of hydrogen-bond acceptors (Lipinski definition) is 4. The van der Waals surface area contributed by atoms with Crippen LogP contribution in [0.25, 0.3) is 0 Å². The summed E-state index contributed by atoms with van der Waals surface area (Å²) >= 11 is 2.03. The number of carbonyl (C=O) groups is 1. The molecule has 0 aliphatic carbocycles. The standard InChI is InChI=1S/C15H21N3OS/c1-18-14(19)9-13(17-12-4-7-20-8-5-12)15(18)11-3-2-6-16-10-11/h2-3,6,10,12-13,15,17H,4-5,7-9H2,1H3/t13-,15+/m0/s1. The van der Waals surface area contributed by atoms with Crippen molar-refractivity contribution in [2.45, 2.75) is 37.4 Å². The zero-order valence-electron chi connectivity index (χ0n) is 11.8. The SMILES string of the molecule is CN1C(=O)C[C@H](NC2CCSCC2)[C@H]1c1cccnc1. The Kier molecular flexibility index (Phi) is 4.27. The highest BCUT2D eigenvalue weighted by atomic mass is 32.2. The number of nitrogens with one attached hydrogen (secondary N) is 1. The molecule has 108 valence electrons. The van der Waals surface area contributed by atoms with Crippen molar-refractivity contribution in [1.29, 1.82) is 0 Å². The second-order valence-corrected chi connectivity index (χ2v) is 6.82. The molecule has 0 unspecified atom stereocenters. The Morgan fingerprint density at radius 2 is 2.20 bits per heavy atom. The summed E-state index contributed by atoms with van der Waals surface area (Å²) < 4.78 is 0. The predicted molar refractivity (Wildman–Crippen MR) is 81.6 cm³/mol. The van der Waals surface area contributed by atoms with Gasteiger partial charge in [0.25, 0.3) is 0 Å². The van der Waals surface area contributed by atoms with E-state index in [0.29, 0.717) is 12.5 Å². The molecule has 3 heterocycles. The van der Waals surface area contributed by atoms with Crippen LogP contribution in [0.5, 0.6) is 0 Å². The molecule has 4 nitrogen and oxygen atoms in total. The molecule has 5 heteroatoms. The van der Waals surface area contributed by atoms with Crippen LogP contribution >= 0.6 is 11.8 Å². The van der Waals surface area contributed by atoms with Gasteiger partial charge in [-0.3, -0.25) is 9.78 Å². The van der Waals surface area contributed by atoms with Gasteiger partial charge >= 0.3 is 0 Å². The molecule has 2 atom stereocenters. The first kappa shape index (κ1) is 13.9. The van der Waals surface area contributed by atoms with Crippen LogP contribution in [0.3, 0.4) is 0 Å². The third kappa shape index (κ3) is 2.83. The molecule has 2 saturated heterocycles. The Labute approximate surface area is 124 Å². The molecule has 2 aliphatic heterocycles. The fourth-order valence-electron chi connectivity index (χ4n) is 3.19. The molecule has 1 aromatic heterocycles. The third-order valence-electron chi connectivity index (χ3n) is 4.28. The number of hydrogen-bond donors (Lipinski definition) is 1. The number of thioether (sulfide) groups is 1. The van der Waals surface area contributed by atoms with Crippen molar-refractivity contribution in [2.75, 3.05) is 18.6 Å². The van der Waals surface area contributed by atoms with E-state index in [1.165, 1.54) is 24.3 Å². The topological polar surface area (TPSA) is 45.2 Å². The molecule has 1 N–H and O–H groups in total. The average molecular weight is 291 g/mol. The van der Waals surface area contributed by atoms with Crippen LogP contribution in [0.1, 0.15) is 30.9 Å². The summed E-state index contributed by atoms with van der Waals surface area (Å²) in [6.07, 6.45) is 6.67. The fourth-order valence-corrected chi connectivity index (χ4v) is 4.30. The van der Waals surface area contributed by atoms with Gasteiger partial charge in [0.2, 0.25) is 5.91 Å². The van der Waals surface area contributed by atoms with Gasteiger partial charge in [-0.15, -0.1) is 0 Å². The molecule has 2 aliphatic rings. The van der Waals surface area contributed by atoms with Crippen molar-refractivity contribution in [2.24, 2.45) is 0 Å². The highest BCUT2D eigenvalue weighted by Gasteiger charge is 2.39. The summed E-state index contributed by atoms with van der Waals surface area (Å²) in [5.41, 5.74) is 1.13. The van der Waals surface area contributed by atoms with Crippen molar-refractivity contribution < 1.29 is 4.79 Å². The van der Waals surface area contributed by atoms with E-state index >= 15 is 0 Å². The molecule has 0 radical (unpaired) electrons. The molecule has 20 heavy (non-hydrogen) atoms. The number of likely N-dealkylation sites (tertiary alicyclic amines) is 1. The Balaban J connectivity index is 1.76. The second-order valence-electron chi connectivity index (χ2n) is 5.60. The van der Waals surface area contributed by atoms with Crippen LogP contribution in [0, 0.1) is 0 Å². The van der Waals surface area contributed by atoms with Crippen LogP contribution in [0.4, 0.5) is 0 Å². The maximum atomic E-state index is 12.1. The Morgan fingerprint density at radius 3 is 2.90 bits per heavy atom. The van der Waals surface area contributed by atoms with E-state index in [2.05, 4.69) is 16.4 Å². The van der Waals surface area contributed by atoms with Crippen LogP contribution < -0.4 is 5.32 Å². The molecule has 0 spiro atoms. The highest BCUT2D eigenvalue weighted by molar-refractivity contribution is 7.99. The highest BCUT2D eigenvalue weighted by Crippen LogP contribution is 2.32. The maximum Gasteiger partial charge on any atom is 0.224 e. The lowest BCUT2D eigenvalue weighted by molar-refractivity contribution is -0.127. The number of pyridine rings is 1. The molecule has 1 amide bonds. The largest absolute Gasteiger partial charge is 0.337 e. The van der Waals surface area contributed by atoms with Gasteiger partial charge in [0.1, 0.15) is 0 Å². The quantitative estimate of drug-likeness (QED) is 0.923. The molecule has 3 rings (SSSR count).